The molecule has 100 valence electrons. The molecule has 4 heteroatoms. The van der Waals surface area contributed by atoms with Gasteiger partial charge in [0.2, 0.25) is 0 Å². The van der Waals surface area contributed by atoms with E-state index in [1.807, 2.05) is 12.3 Å². The summed E-state index contributed by atoms with van der Waals surface area (Å²) in [6.45, 7) is 6.82. The lowest BCUT2D eigenvalue weighted by atomic mass is 10.0. The van der Waals surface area contributed by atoms with E-state index in [2.05, 4.69) is 29.8 Å². The molecule has 0 aromatic carbocycles. The molecule has 0 saturated carbocycles. The molecule has 2 unspecified atom stereocenters. The summed E-state index contributed by atoms with van der Waals surface area (Å²) in [7, 11) is 0. The SMILES string of the molecule is CCC(N)Cc1cccnc1N1CCOC(C)C1. The number of morpholine rings is 1. The molecule has 1 aromatic rings. The number of rotatable bonds is 4. The maximum absolute atomic E-state index is 6.06. The predicted molar refractivity (Wildman–Crippen MR) is 73.8 cm³/mol. The summed E-state index contributed by atoms with van der Waals surface area (Å²) in [5.74, 6) is 1.08. The maximum atomic E-state index is 6.06. The molecule has 1 aliphatic heterocycles. The van der Waals surface area contributed by atoms with Crippen LogP contribution in [0, 0.1) is 0 Å². The molecule has 18 heavy (non-hydrogen) atoms. The first-order valence-electron chi connectivity index (χ1n) is 6.76. The molecule has 1 fully saturated rings. The van der Waals surface area contributed by atoms with Gasteiger partial charge in [-0.05, 0) is 31.4 Å². The van der Waals surface area contributed by atoms with Crippen LogP contribution in [0.1, 0.15) is 25.8 Å². The summed E-state index contributed by atoms with van der Waals surface area (Å²) in [6, 6.07) is 4.34. The fourth-order valence-corrected chi connectivity index (χ4v) is 2.31. The van der Waals surface area contributed by atoms with Crippen LogP contribution < -0.4 is 10.6 Å². The summed E-state index contributed by atoms with van der Waals surface area (Å²) in [4.78, 5) is 6.85. The Bertz CT molecular complexity index is 383. The standard InChI is InChI=1S/C14H23N3O/c1-3-13(15)9-12-5-4-6-16-14(12)17-7-8-18-11(2)10-17/h4-6,11,13H,3,7-10,15H2,1-2H3. The fourth-order valence-electron chi connectivity index (χ4n) is 2.31. The number of ether oxygens (including phenoxy) is 1. The molecule has 1 saturated heterocycles. The van der Waals surface area contributed by atoms with Crippen molar-refractivity contribution < 1.29 is 4.74 Å². The number of hydrogen-bond donors (Lipinski definition) is 1. The minimum atomic E-state index is 0.214. The van der Waals surface area contributed by atoms with Crippen molar-refractivity contribution >= 4 is 5.82 Å². The van der Waals surface area contributed by atoms with Gasteiger partial charge in [0.25, 0.3) is 0 Å². The molecule has 0 bridgehead atoms. The summed E-state index contributed by atoms with van der Waals surface area (Å²) in [6.07, 6.45) is 4.02. The second kappa shape index (κ2) is 6.16. The highest BCUT2D eigenvalue weighted by Crippen LogP contribution is 2.21. The molecule has 2 rings (SSSR count). The number of aromatic nitrogens is 1. The van der Waals surface area contributed by atoms with Crippen molar-refractivity contribution in [2.24, 2.45) is 5.73 Å². The van der Waals surface area contributed by atoms with Crippen LogP contribution in [0.25, 0.3) is 0 Å². The average Bonchev–Trinajstić information content (AvgIpc) is 2.39. The summed E-state index contributed by atoms with van der Waals surface area (Å²) >= 11 is 0. The summed E-state index contributed by atoms with van der Waals surface area (Å²) in [5, 5.41) is 0. The van der Waals surface area contributed by atoms with Crippen LogP contribution in [0.2, 0.25) is 0 Å². The van der Waals surface area contributed by atoms with Crippen LogP contribution in [0.4, 0.5) is 5.82 Å². The van der Waals surface area contributed by atoms with Crippen molar-refractivity contribution in [1.82, 2.24) is 4.98 Å². The quantitative estimate of drug-likeness (QED) is 0.880. The van der Waals surface area contributed by atoms with Gasteiger partial charge in [-0.15, -0.1) is 0 Å². The van der Waals surface area contributed by atoms with E-state index in [1.54, 1.807) is 0 Å². The zero-order valence-electron chi connectivity index (χ0n) is 11.3. The minimum Gasteiger partial charge on any atom is -0.375 e. The summed E-state index contributed by atoms with van der Waals surface area (Å²) < 4.78 is 5.58. The molecule has 2 N–H and O–H groups in total. The number of hydrogen-bond acceptors (Lipinski definition) is 4. The predicted octanol–water partition coefficient (Wildman–Crippen LogP) is 1.59. The third-order valence-electron chi connectivity index (χ3n) is 3.41. The summed E-state index contributed by atoms with van der Waals surface area (Å²) in [5.41, 5.74) is 7.31. The lowest BCUT2D eigenvalue weighted by Crippen LogP contribution is -2.42. The van der Waals surface area contributed by atoms with Crippen molar-refractivity contribution in [1.29, 1.82) is 0 Å². The van der Waals surface area contributed by atoms with Gasteiger partial charge in [0.15, 0.2) is 0 Å². The van der Waals surface area contributed by atoms with Crippen LogP contribution in [0.15, 0.2) is 18.3 Å². The van der Waals surface area contributed by atoms with Crippen molar-refractivity contribution in [3.05, 3.63) is 23.9 Å². The van der Waals surface area contributed by atoms with Gasteiger partial charge in [-0.3, -0.25) is 0 Å². The Labute approximate surface area is 109 Å². The Balaban J connectivity index is 2.15. The first-order valence-corrected chi connectivity index (χ1v) is 6.76. The smallest absolute Gasteiger partial charge is 0.131 e. The van der Waals surface area contributed by atoms with Gasteiger partial charge in [-0.25, -0.2) is 4.98 Å². The lowest BCUT2D eigenvalue weighted by molar-refractivity contribution is 0.0529. The van der Waals surface area contributed by atoms with Gasteiger partial charge in [0, 0.05) is 25.3 Å². The van der Waals surface area contributed by atoms with Gasteiger partial charge in [0.05, 0.1) is 12.7 Å². The highest BCUT2D eigenvalue weighted by Gasteiger charge is 2.20. The highest BCUT2D eigenvalue weighted by molar-refractivity contribution is 5.47. The molecule has 2 atom stereocenters. The van der Waals surface area contributed by atoms with Crippen LogP contribution in [-0.4, -0.2) is 36.8 Å². The second-order valence-corrected chi connectivity index (χ2v) is 4.99. The van der Waals surface area contributed by atoms with Crippen molar-refractivity contribution in [3.8, 4) is 0 Å². The molecular weight excluding hydrogens is 226 g/mol. The first kappa shape index (κ1) is 13.3. The van der Waals surface area contributed by atoms with E-state index in [0.717, 1.165) is 38.4 Å². The van der Waals surface area contributed by atoms with Gasteiger partial charge < -0.3 is 15.4 Å². The molecule has 1 aromatic heterocycles. The zero-order valence-corrected chi connectivity index (χ0v) is 11.3. The molecule has 0 radical (unpaired) electrons. The molecule has 1 aliphatic rings. The molecule has 0 spiro atoms. The Morgan fingerprint density at radius 2 is 2.44 bits per heavy atom. The second-order valence-electron chi connectivity index (χ2n) is 4.99. The normalized spacial score (nSPS) is 21.9. The van der Waals surface area contributed by atoms with Crippen LogP contribution >= 0.6 is 0 Å². The Hall–Kier alpha value is -1.13. The molecule has 0 amide bonds. The number of nitrogens with zero attached hydrogens (tertiary/aromatic N) is 2. The van der Waals surface area contributed by atoms with Crippen LogP contribution in [0.3, 0.4) is 0 Å². The van der Waals surface area contributed by atoms with E-state index < -0.39 is 0 Å². The van der Waals surface area contributed by atoms with Gasteiger partial charge in [-0.2, -0.15) is 0 Å². The van der Waals surface area contributed by atoms with E-state index in [0.29, 0.717) is 0 Å². The van der Waals surface area contributed by atoms with Crippen molar-refractivity contribution in [2.75, 3.05) is 24.6 Å². The lowest BCUT2D eigenvalue weighted by Gasteiger charge is -2.33. The third-order valence-corrected chi connectivity index (χ3v) is 3.41. The van der Waals surface area contributed by atoms with Gasteiger partial charge in [0.1, 0.15) is 5.82 Å². The average molecular weight is 249 g/mol. The largest absolute Gasteiger partial charge is 0.375 e. The monoisotopic (exact) mass is 249 g/mol. The first-order chi connectivity index (χ1) is 8.70. The van der Waals surface area contributed by atoms with Crippen molar-refractivity contribution in [3.63, 3.8) is 0 Å². The van der Waals surface area contributed by atoms with E-state index >= 15 is 0 Å². The van der Waals surface area contributed by atoms with E-state index in [-0.39, 0.29) is 12.1 Å². The number of nitrogens with two attached hydrogens (primary N) is 1. The van der Waals surface area contributed by atoms with Gasteiger partial charge in [-0.1, -0.05) is 13.0 Å². The Morgan fingerprint density at radius 1 is 1.61 bits per heavy atom. The number of pyridine rings is 1. The minimum absolute atomic E-state index is 0.214. The topological polar surface area (TPSA) is 51.4 Å². The van der Waals surface area contributed by atoms with E-state index in [9.17, 15) is 0 Å². The van der Waals surface area contributed by atoms with E-state index in [1.165, 1.54) is 5.56 Å². The van der Waals surface area contributed by atoms with Gasteiger partial charge >= 0.3 is 0 Å². The molecule has 4 nitrogen and oxygen atoms in total. The molecular formula is C14H23N3O. The highest BCUT2D eigenvalue weighted by atomic mass is 16.5. The zero-order chi connectivity index (χ0) is 13.0. The molecule has 2 heterocycles. The third kappa shape index (κ3) is 3.21. The number of anilines is 1. The van der Waals surface area contributed by atoms with Crippen LogP contribution in [-0.2, 0) is 11.2 Å². The Kier molecular flexibility index (Phi) is 4.55. The maximum Gasteiger partial charge on any atom is 0.131 e. The van der Waals surface area contributed by atoms with Crippen LogP contribution in [0.5, 0.6) is 0 Å². The van der Waals surface area contributed by atoms with Crippen molar-refractivity contribution in [2.45, 2.75) is 38.8 Å². The fraction of sp³-hybridized carbons (Fsp3) is 0.643. The Morgan fingerprint density at radius 3 is 3.17 bits per heavy atom. The van der Waals surface area contributed by atoms with E-state index in [4.69, 9.17) is 10.5 Å². The molecule has 0 aliphatic carbocycles.